The van der Waals surface area contributed by atoms with Crippen molar-refractivity contribution in [3.05, 3.63) is 59.1 Å². The summed E-state index contributed by atoms with van der Waals surface area (Å²) in [6.45, 7) is 7.04. The van der Waals surface area contributed by atoms with Gasteiger partial charge in [0.05, 0.1) is 0 Å². The van der Waals surface area contributed by atoms with Crippen molar-refractivity contribution >= 4 is 21.4 Å². The van der Waals surface area contributed by atoms with Crippen molar-refractivity contribution in [2.45, 2.75) is 32.8 Å². The van der Waals surface area contributed by atoms with Crippen LogP contribution in [0.1, 0.15) is 31.3 Å². The number of fused-ring (bicyclic) bond motifs is 1. The fourth-order valence-corrected chi connectivity index (χ4v) is 3.14. The summed E-state index contributed by atoms with van der Waals surface area (Å²) in [4.78, 5) is 5.82. The van der Waals surface area contributed by atoms with E-state index in [-0.39, 0.29) is 5.41 Å². The smallest absolute Gasteiger partial charge is 0.213 e. The first-order valence-corrected chi connectivity index (χ1v) is 7.92. The van der Waals surface area contributed by atoms with E-state index in [1.165, 1.54) is 15.0 Å². The maximum Gasteiger partial charge on any atom is 0.213 e. The molecule has 0 unspecified atom stereocenters. The number of hydrogen-bond donors (Lipinski definition) is 0. The predicted octanol–water partition coefficient (Wildman–Crippen LogP) is 5.17. The van der Waals surface area contributed by atoms with Gasteiger partial charge in [0, 0.05) is 26.8 Å². The average Bonchev–Trinajstić information content (AvgIpc) is 2.87. The van der Waals surface area contributed by atoms with E-state index in [4.69, 9.17) is 4.74 Å². The summed E-state index contributed by atoms with van der Waals surface area (Å²) in [6, 6.07) is 16.6. The average molecular weight is 297 g/mol. The molecule has 0 radical (unpaired) electrons. The highest BCUT2D eigenvalue weighted by Gasteiger charge is 2.15. The summed E-state index contributed by atoms with van der Waals surface area (Å²) < 4.78 is 7.16. The van der Waals surface area contributed by atoms with Gasteiger partial charge < -0.3 is 4.74 Å². The summed E-state index contributed by atoms with van der Waals surface area (Å²) in [6.07, 6.45) is 0. The van der Waals surface area contributed by atoms with E-state index >= 15 is 0 Å². The second-order valence-electron chi connectivity index (χ2n) is 6.15. The minimum absolute atomic E-state index is 0.0387. The molecule has 3 aromatic rings. The third-order valence-electron chi connectivity index (χ3n) is 3.33. The number of ether oxygens (including phenoxy) is 1. The third-order valence-corrected chi connectivity index (χ3v) is 4.42. The molecule has 0 aliphatic carbocycles. The van der Waals surface area contributed by atoms with Gasteiger partial charge in [0.25, 0.3) is 0 Å². The van der Waals surface area contributed by atoms with Crippen LogP contribution < -0.4 is 4.74 Å². The monoisotopic (exact) mass is 297 g/mol. The van der Waals surface area contributed by atoms with E-state index < -0.39 is 0 Å². The van der Waals surface area contributed by atoms with Gasteiger partial charge in [0.15, 0.2) is 0 Å². The van der Waals surface area contributed by atoms with Crippen molar-refractivity contribution in [2.24, 2.45) is 0 Å². The highest BCUT2D eigenvalue weighted by molar-refractivity contribution is 7.19. The number of pyridine rings is 1. The minimum atomic E-state index is 0.0387. The molecule has 2 heterocycles. The molecule has 0 saturated heterocycles. The fourth-order valence-electron chi connectivity index (χ4n) is 2.17. The molecule has 0 aliphatic heterocycles. The van der Waals surface area contributed by atoms with Crippen LogP contribution in [0.4, 0.5) is 0 Å². The summed E-state index contributed by atoms with van der Waals surface area (Å²) in [5, 5.41) is 1.28. The molecule has 108 valence electrons. The van der Waals surface area contributed by atoms with Crippen LogP contribution in [0.15, 0.2) is 48.5 Å². The van der Waals surface area contributed by atoms with Crippen LogP contribution in [0.2, 0.25) is 0 Å². The Hall–Kier alpha value is -1.87. The highest BCUT2D eigenvalue weighted by atomic mass is 32.1. The summed E-state index contributed by atoms with van der Waals surface area (Å²) in [7, 11) is 0. The fraction of sp³-hybridized carbons (Fsp3) is 0.278. The van der Waals surface area contributed by atoms with Crippen LogP contribution in [0.3, 0.4) is 0 Å². The highest BCUT2D eigenvalue weighted by Crippen LogP contribution is 2.27. The Morgan fingerprint density at radius 3 is 2.62 bits per heavy atom. The van der Waals surface area contributed by atoms with Gasteiger partial charge in [-0.2, -0.15) is 0 Å². The van der Waals surface area contributed by atoms with Gasteiger partial charge in [-0.1, -0.05) is 45.0 Å². The van der Waals surface area contributed by atoms with E-state index in [0.717, 1.165) is 5.69 Å². The van der Waals surface area contributed by atoms with Gasteiger partial charge in [0.1, 0.15) is 6.61 Å². The second-order valence-corrected chi connectivity index (χ2v) is 7.32. The van der Waals surface area contributed by atoms with Crippen LogP contribution >= 0.6 is 11.3 Å². The van der Waals surface area contributed by atoms with Crippen LogP contribution in [0.25, 0.3) is 10.1 Å². The molecule has 0 fully saturated rings. The van der Waals surface area contributed by atoms with Gasteiger partial charge in [-0.05, 0) is 23.6 Å². The minimum Gasteiger partial charge on any atom is -0.472 e. The first kappa shape index (κ1) is 14.1. The molecular weight excluding hydrogens is 278 g/mol. The standard InChI is InChI=1S/C18H19NOS/c1-18(2,3)16-9-6-10-17(19-16)20-12-14-11-13-7-4-5-8-15(13)21-14/h4-11H,12H2,1-3H3. The molecular formula is C18H19NOS. The Bertz CT molecular complexity index is 722. The second kappa shape index (κ2) is 5.49. The normalized spacial score (nSPS) is 11.8. The topological polar surface area (TPSA) is 22.1 Å². The maximum absolute atomic E-state index is 5.86. The lowest BCUT2D eigenvalue weighted by Gasteiger charge is -2.18. The Morgan fingerprint density at radius 1 is 1.05 bits per heavy atom. The van der Waals surface area contributed by atoms with Crippen LogP contribution in [0, 0.1) is 0 Å². The maximum atomic E-state index is 5.86. The summed E-state index contributed by atoms with van der Waals surface area (Å²) in [5.74, 6) is 0.694. The first-order chi connectivity index (χ1) is 10.0. The quantitative estimate of drug-likeness (QED) is 0.665. The lowest BCUT2D eigenvalue weighted by Crippen LogP contribution is -2.13. The summed E-state index contributed by atoms with van der Waals surface area (Å²) in [5.41, 5.74) is 1.09. The number of thiophene rings is 1. The molecule has 2 aromatic heterocycles. The molecule has 3 rings (SSSR count). The Kier molecular flexibility index (Phi) is 3.68. The zero-order valence-electron chi connectivity index (χ0n) is 12.6. The van der Waals surface area contributed by atoms with E-state index in [2.05, 4.69) is 56.1 Å². The SMILES string of the molecule is CC(C)(C)c1cccc(OCc2cc3ccccc3s2)n1. The molecule has 0 bridgehead atoms. The first-order valence-electron chi connectivity index (χ1n) is 7.10. The van der Waals surface area contributed by atoms with Crippen molar-refractivity contribution in [3.63, 3.8) is 0 Å². The van der Waals surface area contributed by atoms with Crippen LogP contribution in [-0.4, -0.2) is 4.98 Å². The van der Waals surface area contributed by atoms with Gasteiger partial charge >= 0.3 is 0 Å². The van der Waals surface area contributed by atoms with Crippen molar-refractivity contribution in [2.75, 3.05) is 0 Å². The van der Waals surface area contributed by atoms with Crippen molar-refractivity contribution < 1.29 is 4.74 Å². The van der Waals surface area contributed by atoms with Crippen molar-refractivity contribution in [1.82, 2.24) is 4.98 Å². The molecule has 0 amide bonds. The van der Waals surface area contributed by atoms with Gasteiger partial charge in [0.2, 0.25) is 5.88 Å². The molecule has 21 heavy (non-hydrogen) atoms. The molecule has 3 heteroatoms. The number of aromatic nitrogens is 1. The molecule has 0 N–H and O–H groups in total. The van der Waals surface area contributed by atoms with Crippen molar-refractivity contribution in [3.8, 4) is 5.88 Å². The number of benzene rings is 1. The van der Waals surface area contributed by atoms with Crippen molar-refractivity contribution in [1.29, 1.82) is 0 Å². The zero-order valence-corrected chi connectivity index (χ0v) is 13.4. The molecule has 1 aromatic carbocycles. The third kappa shape index (κ3) is 3.24. The van der Waals surface area contributed by atoms with E-state index in [1.807, 2.05) is 18.2 Å². The number of rotatable bonds is 3. The van der Waals surface area contributed by atoms with E-state index in [0.29, 0.717) is 12.5 Å². The zero-order chi connectivity index (χ0) is 14.9. The lowest BCUT2D eigenvalue weighted by molar-refractivity contribution is 0.295. The largest absolute Gasteiger partial charge is 0.472 e. The molecule has 0 spiro atoms. The van der Waals surface area contributed by atoms with E-state index in [1.54, 1.807) is 11.3 Å². The Labute approximate surface area is 129 Å². The molecule has 0 atom stereocenters. The van der Waals surface area contributed by atoms with Crippen LogP contribution in [-0.2, 0) is 12.0 Å². The lowest BCUT2D eigenvalue weighted by atomic mass is 9.92. The van der Waals surface area contributed by atoms with Gasteiger partial charge in [-0.3, -0.25) is 0 Å². The number of nitrogens with zero attached hydrogens (tertiary/aromatic N) is 1. The van der Waals surface area contributed by atoms with Gasteiger partial charge in [-0.15, -0.1) is 11.3 Å². The Balaban J connectivity index is 1.75. The Morgan fingerprint density at radius 2 is 1.86 bits per heavy atom. The molecule has 0 saturated carbocycles. The molecule has 0 aliphatic rings. The van der Waals surface area contributed by atoms with Gasteiger partial charge in [-0.25, -0.2) is 4.98 Å². The summed E-state index contributed by atoms with van der Waals surface area (Å²) >= 11 is 1.77. The van der Waals surface area contributed by atoms with Crippen LogP contribution in [0.5, 0.6) is 5.88 Å². The molecule has 2 nitrogen and oxygen atoms in total. The number of hydrogen-bond acceptors (Lipinski definition) is 3. The predicted molar refractivity (Wildman–Crippen MR) is 89.1 cm³/mol. The van der Waals surface area contributed by atoms with E-state index in [9.17, 15) is 0 Å².